The van der Waals surface area contributed by atoms with Gasteiger partial charge in [-0.3, -0.25) is 4.79 Å². The standard InChI is InChI=1S/C21H21NO2/c23-15-16-6-8-17(9-7-16)19-14-21(10-12-22-13-11-21)24-20-5-3-1-2-4-18(19)20/h1,3-9,14-15,22H,2,10-13H2. The van der Waals surface area contributed by atoms with Gasteiger partial charge in [-0.2, -0.15) is 0 Å². The van der Waals surface area contributed by atoms with Crippen LogP contribution in [-0.2, 0) is 4.74 Å². The number of carbonyl (C=O) groups excluding carboxylic acids is 1. The molecule has 3 nitrogen and oxygen atoms in total. The molecule has 3 aliphatic rings. The molecule has 0 unspecified atom stereocenters. The third-order valence-electron chi connectivity index (χ3n) is 4.93. The van der Waals surface area contributed by atoms with E-state index < -0.39 is 0 Å². The molecule has 1 N–H and O–H groups in total. The van der Waals surface area contributed by atoms with Crippen LogP contribution in [0.4, 0.5) is 0 Å². The maximum atomic E-state index is 10.9. The zero-order valence-electron chi connectivity index (χ0n) is 13.6. The van der Waals surface area contributed by atoms with Gasteiger partial charge >= 0.3 is 0 Å². The molecule has 122 valence electrons. The van der Waals surface area contributed by atoms with Crippen LogP contribution < -0.4 is 5.32 Å². The smallest absolute Gasteiger partial charge is 0.150 e. The van der Waals surface area contributed by atoms with Crippen molar-refractivity contribution in [2.24, 2.45) is 0 Å². The largest absolute Gasteiger partial charge is 0.482 e. The number of fused-ring (bicyclic) bond motifs is 1. The Labute approximate surface area is 142 Å². The molecule has 0 radical (unpaired) electrons. The molecule has 0 bridgehead atoms. The number of aldehydes is 1. The van der Waals surface area contributed by atoms with Crippen LogP contribution in [0.15, 0.2) is 66.0 Å². The van der Waals surface area contributed by atoms with E-state index in [1.807, 2.05) is 24.3 Å². The molecule has 0 aromatic heterocycles. The highest BCUT2D eigenvalue weighted by atomic mass is 16.5. The fraction of sp³-hybridized carbons (Fsp3) is 0.286. The highest BCUT2D eigenvalue weighted by Gasteiger charge is 2.38. The lowest BCUT2D eigenvalue weighted by Crippen LogP contribution is -2.44. The number of hydrogen-bond donors (Lipinski definition) is 1. The van der Waals surface area contributed by atoms with Gasteiger partial charge in [-0.1, -0.05) is 42.5 Å². The quantitative estimate of drug-likeness (QED) is 0.843. The maximum Gasteiger partial charge on any atom is 0.150 e. The summed E-state index contributed by atoms with van der Waals surface area (Å²) in [6.45, 7) is 1.94. The van der Waals surface area contributed by atoms with E-state index in [4.69, 9.17) is 4.74 Å². The Bertz CT molecular complexity index is 760. The summed E-state index contributed by atoms with van der Waals surface area (Å²) in [4.78, 5) is 10.9. The molecule has 0 atom stereocenters. The summed E-state index contributed by atoms with van der Waals surface area (Å²) in [5, 5.41) is 3.41. The lowest BCUT2D eigenvalue weighted by molar-refractivity contribution is 0.0202. The molecule has 4 rings (SSSR count). The molecule has 0 saturated carbocycles. The second-order valence-corrected chi connectivity index (χ2v) is 6.53. The minimum absolute atomic E-state index is 0.231. The van der Waals surface area contributed by atoms with E-state index in [1.54, 1.807) is 0 Å². The van der Waals surface area contributed by atoms with E-state index in [0.29, 0.717) is 5.56 Å². The molecule has 1 saturated heterocycles. The summed E-state index contributed by atoms with van der Waals surface area (Å²) in [5.41, 5.74) is 3.99. The first-order valence-corrected chi connectivity index (χ1v) is 8.56. The Morgan fingerprint density at radius 3 is 2.62 bits per heavy atom. The lowest BCUT2D eigenvalue weighted by Gasteiger charge is -2.41. The van der Waals surface area contributed by atoms with Gasteiger partial charge < -0.3 is 10.1 Å². The Kier molecular flexibility index (Phi) is 3.95. The van der Waals surface area contributed by atoms with Crippen molar-refractivity contribution in [3.63, 3.8) is 0 Å². The van der Waals surface area contributed by atoms with Gasteiger partial charge in [-0.15, -0.1) is 0 Å². The molecular weight excluding hydrogens is 298 g/mol. The molecule has 1 aliphatic carbocycles. The first-order valence-electron chi connectivity index (χ1n) is 8.56. The van der Waals surface area contributed by atoms with Crippen LogP contribution >= 0.6 is 0 Å². The van der Waals surface area contributed by atoms with Crippen molar-refractivity contribution >= 4 is 11.9 Å². The number of ether oxygens (including phenoxy) is 1. The molecular formula is C21H21NO2. The van der Waals surface area contributed by atoms with Crippen molar-refractivity contribution < 1.29 is 9.53 Å². The summed E-state index contributed by atoms with van der Waals surface area (Å²) in [7, 11) is 0. The number of carbonyl (C=O) groups is 1. The summed E-state index contributed by atoms with van der Waals surface area (Å²) in [5.74, 6) is 0.961. The fourth-order valence-corrected chi connectivity index (χ4v) is 3.61. The molecule has 2 aliphatic heterocycles. The van der Waals surface area contributed by atoms with E-state index in [9.17, 15) is 4.79 Å². The number of benzene rings is 1. The maximum absolute atomic E-state index is 10.9. The number of rotatable bonds is 2. The second-order valence-electron chi connectivity index (χ2n) is 6.53. The van der Waals surface area contributed by atoms with Crippen molar-refractivity contribution in [1.29, 1.82) is 0 Å². The van der Waals surface area contributed by atoms with E-state index in [1.165, 1.54) is 5.57 Å². The summed E-state index contributed by atoms with van der Waals surface area (Å²) >= 11 is 0. The van der Waals surface area contributed by atoms with Crippen LogP contribution in [0, 0.1) is 0 Å². The van der Waals surface area contributed by atoms with Gasteiger partial charge in [0.05, 0.1) is 0 Å². The van der Waals surface area contributed by atoms with E-state index in [-0.39, 0.29) is 5.60 Å². The minimum atomic E-state index is -0.231. The average molecular weight is 319 g/mol. The zero-order chi connectivity index (χ0) is 16.4. The highest BCUT2D eigenvalue weighted by Crippen LogP contribution is 2.43. The first kappa shape index (κ1) is 15.2. The second kappa shape index (κ2) is 6.25. The number of hydrogen-bond acceptors (Lipinski definition) is 3. The van der Waals surface area contributed by atoms with Crippen LogP contribution in [0.3, 0.4) is 0 Å². The van der Waals surface area contributed by atoms with Gasteiger partial charge in [0.2, 0.25) is 0 Å². The Balaban J connectivity index is 1.82. The van der Waals surface area contributed by atoms with E-state index in [2.05, 4.69) is 35.7 Å². The van der Waals surface area contributed by atoms with Crippen molar-refractivity contribution in [2.75, 3.05) is 13.1 Å². The predicted molar refractivity (Wildman–Crippen MR) is 95.6 cm³/mol. The molecule has 3 heteroatoms. The zero-order valence-corrected chi connectivity index (χ0v) is 13.6. The van der Waals surface area contributed by atoms with Gasteiger partial charge in [0.1, 0.15) is 17.6 Å². The predicted octanol–water partition coefficient (Wildman–Crippen LogP) is 3.81. The fourth-order valence-electron chi connectivity index (χ4n) is 3.61. The molecule has 1 aromatic rings. The summed E-state index contributed by atoms with van der Waals surface area (Å²) in [6, 6.07) is 7.83. The molecule has 1 fully saturated rings. The average Bonchev–Trinajstić information content (AvgIpc) is 2.87. The van der Waals surface area contributed by atoms with Crippen molar-refractivity contribution in [2.45, 2.75) is 24.9 Å². The van der Waals surface area contributed by atoms with Crippen LogP contribution in [0.1, 0.15) is 35.2 Å². The lowest BCUT2D eigenvalue weighted by atomic mass is 9.82. The van der Waals surface area contributed by atoms with Crippen LogP contribution in [0.25, 0.3) is 5.57 Å². The third kappa shape index (κ3) is 2.76. The topological polar surface area (TPSA) is 38.3 Å². The normalized spacial score (nSPS) is 21.8. The molecule has 2 heterocycles. The Hall–Kier alpha value is -2.39. The van der Waals surface area contributed by atoms with Gasteiger partial charge in [-0.25, -0.2) is 0 Å². The monoisotopic (exact) mass is 319 g/mol. The first-order chi connectivity index (χ1) is 11.8. The van der Waals surface area contributed by atoms with Gasteiger partial charge in [-0.05, 0) is 42.8 Å². The summed E-state index contributed by atoms with van der Waals surface area (Å²) in [6.07, 6.45) is 14.6. The van der Waals surface area contributed by atoms with Gasteiger partial charge in [0.25, 0.3) is 0 Å². The minimum Gasteiger partial charge on any atom is -0.482 e. The highest BCUT2D eigenvalue weighted by molar-refractivity contribution is 5.86. The van der Waals surface area contributed by atoms with Crippen LogP contribution in [0.5, 0.6) is 0 Å². The van der Waals surface area contributed by atoms with E-state index >= 15 is 0 Å². The number of piperidine rings is 1. The third-order valence-corrected chi connectivity index (χ3v) is 4.93. The Morgan fingerprint density at radius 1 is 1.08 bits per heavy atom. The molecule has 0 amide bonds. The molecule has 1 spiro atoms. The van der Waals surface area contributed by atoms with Crippen molar-refractivity contribution in [1.82, 2.24) is 5.32 Å². The number of nitrogens with one attached hydrogen (secondary N) is 1. The van der Waals surface area contributed by atoms with Crippen LogP contribution in [0.2, 0.25) is 0 Å². The van der Waals surface area contributed by atoms with Crippen molar-refractivity contribution in [3.05, 3.63) is 77.1 Å². The van der Waals surface area contributed by atoms with Crippen LogP contribution in [-0.4, -0.2) is 25.0 Å². The Morgan fingerprint density at radius 2 is 1.88 bits per heavy atom. The summed E-state index contributed by atoms with van der Waals surface area (Å²) < 4.78 is 6.46. The SMILES string of the molecule is O=Cc1ccc(C2=CC3(CCNCC3)OC3=CC=CCC=C32)cc1. The van der Waals surface area contributed by atoms with E-state index in [0.717, 1.165) is 55.5 Å². The van der Waals surface area contributed by atoms with Crippen molar-refractivity contribution in [3.8, 4) is 0 Å². The van der Waals surface area contributed by atoms with Gasteiger partial charge in [0.15, 0.2) is 0 Å². The molecule has 1 aromatic carbocycles. The number of allylic oxidation sites excluding steroid dienone is 5. The van der Waals surface area contributed by atoms with Gasteiger partial charge in [0, 0.05) is 24.0 Å². The molecule has 24 heavy (non-hydrogen) atoms.